The molecule has 0 fully saturated rings. The number of nitrogens with zero attached hydrogens (tertiary/aromatic N) is 1. The first-order valence-corrected chi connectivity index (χ1v) is 3.98. The number of halogens is 2. The normalized spacial score (nSPS) is 10.5. The minimum atomic E-state index is -1.19. The van der Waals surface area contributed by atoms with Gasteiger partial charge in [0.1, 0.15) is 5.75 Å². The topological polar surface area (TPSA) is 72.3 Å². The van der Waals surface area contributed by atoms with Gasteiger partial charge in [0, 0.05) is 0 Å². The predicted molar refractivity (Wildman–Crippen MR) is 47.9 cm³/mol. The van der Waals surface area contributed by atoms with Gasteiger partial charge in [0.05, 0.1) is 17.3 Å². The summed E-state index contributed by atoms with van der Waals surface area (Å²) in [5, 5.41) is 12.7. The molecule has 0 saturated carbocycles. The van der Waals surface area contributed by atoms with Crippen molar-refractivity contribution >= 4 is 5.88 Å². The molecule has 0 saturated heterocycles. The van der Waals surface area contributed by atoms with Crippen molar-refractivity contribution in [2.45, 2.75) is 0 Å². The van der Waals surface area contributed by atoms with Gasteiger partial charge in [-0.2, -0.15) is 0 Å². The van der Waals surface area contributed by atoms with Crippen molar-refractivity contribution in [3.8, 4) is 16.9 Å². The molecule has 1 heterocycles. The molecule has 0 aliphatic carbocycles. The van der Waals surface area contributed by atoms with Crippen molar-refractivity contribution < 1.29 is 18.4 Å². The highest BCUT2D eigenvalue weighted by molar-refractivity contribution is 5.77. The third kappa shape index (κ3) is 1.39. The first kappa shape index (κ1) is 9.45. The smallest absolute Gasteiger partial charge is 0.230 e. The highest BCUT2D eigenvalue weighted by Crippen LogP contribution is 2.35. The molecule has 78 valence electrons. The van der Waals surface area contributed by atoms with E-state index in [2.05, 4.69) is 9.68 Å². The van der Waals surface area contributed by atoms with Crippen LogP contribution < -0.4 is 5.73 Å². The number of phenols is 1. The summed E-state index contributed by atoms with van der Waals surface area (Å²) >= 11 is 0. The molecule has 6 heteroatoms. The molecule has 0 aliphatic heterocycles. The van der Waals surface area contributed by atoms with E-state index in [-0.39, 0.29) is 17.0 Å². The van der Waals surface area contributed by atoms with E-state index in [1.165, 1.54) is 0 Å². The zero-order chi connectivity index (χ0) is 11.0. The Balaban J connectivity index is 2.72. The number of hydrogen-bond donors (Lipinski definition) is 2. The molecule has 1 aromatic carbocycles. The van der Waals surface area contributed by atoms with Gasteiger partial charge in [-0.25, -0.2) is 8.78 Å². The molecule has 2 rings (SSSR count). The minimum absolute atomic E-state index is 0.0181. The van der Waals surface area contributed by atoms with E-state index < -0.39 is 17.4 Å². The summed E-state index contributed by atoms with van der Waals surface area (Å²) in [6, 6.07) is 1.85. The van der Waals surface area contributed by atoms with Crippen molar-refractivity contribution in [2.24, 2.45) is 0 Å². The fourth-order valence-electron chi connectivity index (χ4n) is 1.23. The molecule has 0 amide bonds. The standard InChI is InChI=1S/C9H6F2N2O2/c10-5-1-2-6(14)7(8(5)11)4-3-13-15-9(4)12/h1-3,14H,12H2. The molecule has 0 atom stereocenters. The van der Waals surface area contributed by atoms with Crippen LogP contribution in [-0.4, -0.2) is 10.3 Å². The molecular formula is C9H6F2N2O2. The fraction of sp³-hybridized carbons (Fsp3) is 0. The van der Waals surface area contributed by atoms with Crippen LogP contribution >= 0.6 is 0 Å². The zero-order valence-electron chi connectivity index (χ0n) is 7.37. The quantitative estimate of drug-likeness (QED) is 0.757. The maximum absolute atomic E-state index is 13.3. The van der Waals surface area contributed by atoms with E-state index in [1.54, 1.807) is 0 Å². The summed E-state index contributed by atoms with van der Waals surface area (Å²) in [5.74, 6) is -2.88. The van der Waals surface area contributed by atoms with E-state index >= 15 is 0 Å². The summed E-state index contributed by atoms with van der Waals surface area (Å²) < 4.78 is 30.7. The number of nitrogen functional groups attached to an aromatic ring is 1. The number of benzene rings is 1. The van der Waals surface area contributed by atoms with Gasteiger partial charge in [-0.3, -0.25) is 0 Å². The third-order valence-corrected chi connectivity index (χ3v) is 1.94. The highest BCUT2D eigenvalue weighted by atomic mass is 19.2. The van der Waals surface area contributed by atoms with Gasteiger partial charge in [0.2, 0.25) is 5.88 Å². The Kier molecular flexibility index (Phi) is 2.03. The van der Waals surface area contributed by atoms with Crippen LogP contribution in [0.15, 0.2) is 22.9 Å². The van der Waals surface area contributed by atoms with Crippen LogP contribution in [0.1, 0.15) is 0 Å². The fourth-order valence-corrected chi connectivity index (χ4v) is 1.23. The number of rotatable bonds is 1. The molecule has 2 aromatic rings. The maximum atomic E-state index is 13.3. The molecule has 0 aliphatic rings. The Morgan fingerprint density at radius 1 is 1.33 bits per heavy atom. The molecule has 3 N–H and O–H groups in total. The Morgan fingerprint density at radius 3 is 2.67 bits per heavy atom. The summed E-state index contributed by atoms with van der Waals surface area (Å²) in [6.07, 6.45) is 1.10. The van der Waals surface area contributed by atoms with Crippen LogP contribution in [0.3, 0.4) is 0 Å². The van der Waals surface area contributed by atoms with Gasteiger partial charge in [0.25, 0.3) is 0 Å². The highest BCUT2D eigenvalue weighted by Gasteiger charge is 2.19. The van der Waals surface area contributed by atoms with E-state index in [0.717, 1.165) is 18.3 Å². The molecular weight excluding hydrogens is 206 g/mol. The zero-order valence-corrected chi connectivity index (χ0v) is 7.37. The van der Waals surface area contributed by atoms with E-state index in [9.17, 15) is 13.9 Å². The van der Waals surface area contributed by atoms with Crippen LogP contribution in [0.4, 0.5) is 14.7 Å². The summed E-state index contributed by atoms with van der Waals surface area (Å²) in [5.41, 5.74) is 5.00. The molecule has 0 spiro atoms. The Morgan fingerprint density at radius 2 is 2.07 bits per heavy atom. The van der Waals surface area contributed by atoms with Crippen molar-refractivity contribution in [3.05, 3.63) is 30.0 Å². The monoisotopic (exact) mass is 212 g/mol. The van der Waals surface area contributed by atoms with Crippen molar-refractivity contribution in [3.63, 3.8) is 0 Å². The molecule has 4 nitrogen and oxygen atoms in total. The molecule has 15 heavy (non-hydrogen) atoms. The van der Waals surface area contributed by atoms with Gasteiger partial charge in [-0.15, -0.1) is 0 Å². The predicted octanol–water partition coefficient (Wildman–Crippen LogP) is 1.91. The number of nitrogens with two attached hydrogens (primary N) is 1. The second-order valence-corrected chi connectivity index (χ2v) is 2.86. The Labute approximate surface area is 82.9 Å². The number of hydrogen-bond acceptors (Lipinski definition) is 4. The lowest BCUT2D eigenvalue weighted by molar-refractivity contribution is 0.436. The van der Waals surface area contributed by atoms with Crippen LogP contribution in [0.25, 0.3) is 11.1 Å². The largest absolute Gasteiger partial charge is 0.507 e. The van der Waals surface area contributed by atoms with Gasteiger partial charge < -0.3 is 15.4 Å². The average Bonchev–Trinajstić information content (AvgIpc) is 2.60. The van der Waals surface area contributed by atoms with E-state index in [0.29, 0.717) is 0 Å². The maximum Gasteiger partial charge on any atom is 0.230 e. The van der Waals surface area contributed by atoms with E-state index in [4.69, 9.17) is 5.73 Å². The molecule has 0 bridgehead atoms. The Hall–Kier alpha value is -2.11. The average molecular weight is 212 g/mol. The van der Waals surface area contributed by atoms with Crippen LogP contribution in [-0.2, 0) is 0 Å². The number of aromatic nitrogens is 1. The van der Waals surface area contributed by atoms with Gasteiger partial charge >= 0.3 is 0 Å². The van der Waals surface area contributed by atoms with Gasteiger partial charge in [-0.1, -0.05) is 5.16 Å². The SMILES string of the molecule is Nc1oncc1-c1c(O)ccc(F)c1F. The second kappa shape index (κ2) is 3.23. The molecule has 0 radical (unpaired) electrons. The number of aromatic hydroxyl groups is 1. The lowest BCUT2D eigenvalue weighted by atomic mass is 10.1. The van der Waals surface area contributed by atoms with Crippen molar-refractivity contribution in [2.75, 3.05) is 5.73 Å². The Bertz CT molecular complexity index is 511. The first-order valence-electron chi connectivity index (χ1n) is 3.98. The van der Waals surface area contributed by atoms with Crippen LogP contribution in [0, 0.1) is 11.6 Å². The van der Waals surface area contributed by atoms with Crippen molar-refractivity contribution in [1.82, 2.24) is 5.16 Å². The minimum Gasteiger partial charge on any atom is -0.507 e. The number of phenolic OH excluding ortho intramolecular Hbond substituents is 1. The first-order chi connectivity index (χ1) is 7.11. The third-order valence-electron chi connectivity index (χ3n) is 1.94. The van der Waals surface area contributed by atoms with Crippen LogP contribution in [0.2, 0.25) is 0 Å². The lowest BCUT2D eigenvalue weighted by Crippen LogP contribution is -1.92. The summed E-state index contributed by atoms with van der Waals surface area (Å²) in [7, 11) is 0. The van der Waals surface area contributed by atoms with Gasteiger partial charge in [0.15, 0.2) is 11.6 Å². The summed E-state index contributed by atoms with van der Waals surface area (Å²) in [6.45, 7) is 0. The lowest BCUT2D eigenvalue weighted by Gasteiger charge is -2.04. The summed E-state index contributed by atoms with van der Waals surface area (Å²) in [4.78, 5) is 0. The molecule has 1 aromatic heterocycles. The van der Waals surface area contributed by atoms with Crippen molar-refractivity contribution in [1.29, 1.82) is 0 Å². The molecule has 0 unspecified atom stereocenters. The van der Waals surface area contributed by atoms with Crippen LogP contribution in [0.5, 0.6) is 5.75 Å². The number of anilines is 1. The van der Waals surface area contributed by atoms with E-state index in [1.807, 2.05) is 0 Å². The van der Waals surface area contributed by atoms with Gasteiger partial charge in [-0.05, 0) is 12.1 Å². The second-order valence-electron chi connectivity index (χ2n) is 2.86.